The van der Waals surface area contributed by atoms with Gasteiger partial charge in [0.15, 0.2) is 0 Å². The van der Waals surface area contributed by atoms with Crippen LogP contribution >= 0.6 is 0 Å². The van der Waals surface area contributed by atoms with Crippen molar-refractivity contribution in [1.29, 1.82) is 0 Å². The van der Waals surface area contributed by atoms with Crippen molar-refractivity contribution in [2.75, 3.05) is 0 Å². The van der Waals surface area contributed by atoms with Gasteiger partial charge in [-0.2, -0.15) is 0 Å². The number of aromatic nitrogens is 4. The molecule has 6 heteroatoms. The standard InChI is InChI=1S/C31H32F2N4/c1-6-7-17-37-26-16-15-24(31(5,32)33)18-25(26)35-30(37)23-13-11-22(12-14-23)28-21(4)34-29(36-28)27-19(2)9-8-10-20(27)3/h8-16,18H,6-7,17H2,1-5H3,(H,34,36). The Morgan fingerprint density at radius 1 is 0.892 bits per heavy atom. The summed E-state index contributed by atoms with van der Waals surface area (Å²) in [6.07, 6.45) is 2.01. The summed E-state index contributed by atoms with van der Waals surface area (Å²) in [5.41, 5.74) is 8.84. The molecule has 5 aromatic rings. The first-order valence-corrected chi connectivity index (χ1v) is 12.8. The lowest BCUT2D eigenvalue weighted by Crippen LogP contribution is -2.06. The average Bonchev–Trinajstić information content (AvgIpc) is 3.42. The van der Waals surface area contributed by atoms with Crippen LogP contribution in [-0.4, -0.2) is 19.5 Å². The lowest BCUT2D eigenvalue weighted by Gasteiger charge is -2.11. The fourth-order valence-electron chi connectivity index (χ4n) is 4.99. The van der Waals surface area contributed by atoms with Crippen LogP contribution in [0.15, 0.2) is 60.7 Å². The zero-order valence-electron chi connectivity index (χ0n) is 22.0. The SMILES string of the molecule is CCCCn1c(-c2ccc(-c3nc(-c4c(C)cccc4C)[nH]c3C)cc2)nc2cc(C(C)(F)F)ccc21. The second kappa shape index (κ2) is 9.58. The molecule has 0 saturated carbocycles. The molecule has 0 saturated heterocycles. The van der Waals surface area contributed by atoms with Crippen LogP contribution in [0.2, 0.25) is 0 Å². The Bertz CT molecular complexity index is 1550. The quantitative estimate of drug-likeness (QED) is 0.244. The number of halogens is 2. The molecule has 0 bridgehead atoms. The van der Waals surface area contributed by atoms with Gasteiger partial charge in [0.1, 0.15) is 11.6 Å². The summed E-state index contributed by atoms with van der Waals surface area (Å²) in [4.78, 5) is 13.2. The molecule has 3 aromatic carbocycles. The number of alkyl halides is 2. The molecule has 0 spiro atoms. The summed E-state index contributed by atoms with van der Waals surface area (Å²) in [7, 11) is 0. The topological polar surface area (TPSA) is 46.5 Å². The van der Waals surface area contributed by atoms with E-state index in [4.69, 9.17) is 9.97 Å². The first-order chi connectivity index (χ1) is 17.7. The van der Waals surface area contributed by atoms with Crippen molar-refractivity contribution < 1.29 is 8.78 Å². The lowest BCUT2D eigenvalue weighted by molar-refractivity contribution is 0.0176. The highest BCUT2D eigenvalue weighted by Crippen LogP contribution is 2.34. The van der Waals surface area contributed by atoms with Crippen molar-refractivity contribution in [3.63, 3.8) is 0 Å². The van der Waals surface area contributed by atoms with Gasteiger partial charge >= 0.3 is 0 Å². The predicted molar refractivity (Wildman–Crippen MR) is 147 cm³/mol. The Hall–Kier alpha value is -3.80. The number of hydrogen-bond acceptors (Lipinski definition) is 2. The van der Waals surface area contributed by atoms with E-state index in [1.54, 1.807) is 6.07 Å². The zero-order valence-corrected chi connectivity index (χ0v) is 22.0. The van der Waals surface area contributed by atoms with Crippen LogP contribution < -0.4 is 0 Å². The Balaban J connectivity index is 1.54. The molecule has 0 radical (unpaired) electrons. The van der Waals surface area contributed by atoms with E-state index in [0.29, 0.717) is 5.52 Å². The van der Waals surface area contributed by atoms with Gasteiger partial charge in [-0.05, 0) is 50.5 Å². The van der Waals surface area contributed by atoms with Crippen LogP contribution in [0.3, 0.4) is 0 Å². The highest BCUT2D eigenvalue weighted by Gasteiger charge is 2.25. The van der Waals surface area contributed by atoms with Crippen molar-refractivity contribution in [2.24, 2.45) is 0 Å². The minimum absolute atomic E-state index is 0.0178. The average molecular weight is 499 g/mol. The first-order valence-electron chi connectivity index (χ1n) is 12.8. The third kappa shape index (κ3) is 4.68. The van der Waals surface area contributed by atoms with E-state index >= 15 is 0 Å². The van der Waals surface area contributed by atoms with Crippen LogP contribution in [0.1, 0.15) is 49.1 Å². The van der Waals surface area contributed by atoms with Gasteiger partial charge in [-0.25, -0.2) is 18.7 Å². The van der Waals surface area contributed by atoms with Gasteiger partial charge < -0.3 is 9.55 Å². The number of rotatable bonds is 7. The third-order valence-corrected chi connectivity index (χ3v) is 7.01. The van der Waals surface area contributed by atoms with Crippen LogP contribution in [0.4, 0.5) is 8.78 Å². The number of nitrogens with one attached hydrogen (secondary N) is 1. The highest BCUT2D eigenvalue weighted by molar-refractivity contribution is 5.82. The van der Waals surface area contributed by atoms with Crippen molar-refractivity contribution in [2.45, 2.75) is 59.9 Å². The fourth-order valence-corrected chi connectivity index (χ4v) is 4.99. The second-order valence-corrected chi connectivity index (χ2v) is 9.94. The van der Waals surface area contributed by atoms with Crippen molar-refractivity contribution in [1.82, 2.24) is 19.5 Å². The summed E-state index contributed by atoms with van der Waals surface area (Å²) in [5.74, 6) is -1.24. The Labute approximate surface area is 216 Å². The van der Waals surface area contributed by atoms with E-state index in [2.05, 4.69) is 60.7 Å². The maximum atomic E-state index is 14.0. The number of aromatic amines is 1. The van der Waals surface area contributed by atoms with Crippen LogP contribution in [0.5, 0.6) is 0 Å². The van der Waals surface area contributed by atoms with Crippen LogP contribution in [-0.2, 0) is 12.5 Å². The minimum Gasteiger partial charge on any atom is -0.342 e. The molecule has 0 amide bonds. The molecule has 190 valence electrons. The van der Waals surface area contributed by atoms with Crippen molar-refractivity contribution >= 4 is 11.0 Å². The Morgan fingerprint density at radius 3 is 2.22 bits per heavy atom. The van der Waals surface area contributed by atoms with E-state index in [0.717, 1.165) is 71.6 Å². The van der Waals surface area contributed by atoms with Crippen molar-refractivity contribution in [3.8, 4) is 34.0 Å². The number of benzene rings is 3. The molecule has 5 rings (SSSR count). The first kappa shape index (κ1) is 24.9. The Kier molecular flexibility index (Phi) is 6.44. The van der Waals surface area contributed by atoms with E-state index in [9.17, 15) is 8.78 Å². The molecule has 2 aromatic heterocycles. The maximum Gasteiger partial charge on any atom is 0.270 e. The van der Waals surface area contributed by atoms with Crippen LogP contribution in [0.25, 0.3) is 45.1 Å². The highest BCUT2D eigenvalue weighted by atomic mass is 19.3. The summed E-state index contributed by atoms with van der Waals surface area (Å²) in [5, 5.41) is 0. The van der Waals surface area contributed by atoms with Crippen LogP contribution in [0, 0.1) is 20.8 Å². The van der Waals surface area contributed by atoms with Gasteiger partial charge in [-0.15, -0.1) is 0 Å². The molecule has 0 aliphatic carbocycles. The maximum absolute atomic E-state index is 14.0. The number of unbranched alkanes of at least 4 members (excludes halogenated alkanes) is 1. The van der Waals surface area contributed by atoms with Crippen molar-refractivity contribution in [3.05, 3.63) is 83.0 Å². The van der Waals surface area contributed by atoms with E-state index < -0.39 is 5.92 Å². The molecule has 4 nitrogen and oxygen atoms in total. The molecule has 0 atom stereocenters. The summed E-state index contributed by atoms with van der Waals surface area (Å²) in [6, 6.07) is 19.3. The van der Waals surface area contributed by atoms with E-state index in [-0.39, 0.29) is 5.56 Å². The molecule has 0 aliphatic rings. The molecular formula is C31H32F2N4. The van der Waals surface area contributed by atoms with E-state index in [1.165, 1.54) is 23.3 Å². The largest absolute Gasteiger partial charge is 0.342 e. The lowest BCUT2D eigenvalue weighted by atomic mass is 10.0. The van der Waals surface area contributed by atoms with Gasteiger partial charge in [0.2, 0.25) is 0 Å². The number of H-pyrrole nitrogens is 1. The summed E-state index contributed by atoms with van der Waals surface area (Å²) < 4.78 is 30.1. The van der Waals surface area contributed by atoms with Gasteiger partial charge in [-0.3, -0.25) is 0 Å². The fraction of sp³-hybridized carbons (Fsp3) is 0.290. The number of nitrogens with zero attached hydrogens (tertiary/aromatic N) is 3. The molecular weight excluding hydrogens is 466 g/mol. The Morgan fingerprint density at radius 2 is 1.57 bits per heavy atom. The minimum atomic E-state index is -2.90. The smallest absolute Gasteiger partial charge is 0.270 e. The molecule has 0 fully saturated rings. The van der Waals surface area contributed by atoms with Gasteiger partial charge in [-0.1, -0.05) is 61.9 Å². The molecule has 0 unspecified atom stereocenters. The molecule has 37 heavy (non-hydrogen) atoms. The molecule has 1 N–H and O–H groups in total. The third-order valence-electron chi connectivity index (χ3n) is 7.01. The van der Waals surface area contributed by atoms with E-state index in [1.807, 2.05) is 19.1 Å². The molecule has 0 aliphatic heterocycles. The number of imidazole rings is 2. The summed E-state index contributed by atoms with van der Waals surface area (Å²) in [6.45, 7) is 10.1. The number of aryl methyl sites for hydroxylation is 4. The number of fused-ring (bicyclic) bond motifs is 1. The van der Waals surface area contributed by atoms with Gasteiger partial charge in [0, 0.05) is 41.4 Å². The second-order valence-electron chi connectivity index (χ2n) is 9.94. The zero-order chi connectivity index (χ0) is 26.3. The monoisotopic (exact) mass is 498 g/mol. The normalized spacial score (nSPS) is 12.0. The predicted octanol–water partition coefficient (Wildman–Crippen LogP) is 8.60. The number of hydrogen-bond donors (Lipinski definition) is 1. The summed E-state index contributed by atoms with van der Waals surface area (Å²) >= 11 is 0. The van der Waals surface area contributed by atoms with Gasteiger partial charge in [0.25, 0.3) is 5.92 Å². The van der Waals surface area contributed by atoms with Gasteiger partial charge in [0.05, 0.1) is 16.7 Å². The molecule has 2 heterocycles.